The lowest BCUT2D eigenvalue weighted by molar-refractivity contribution is -0.136. The van der Waals surface area contributed by atoms with Gasteiger partial charge in [0.1, 0.15) is 17.7 Å². The Hall–Kier alpha value is -3.79. The van der Waals surface area contributed by atoms with Gasteiger partial charge < -0.3 is 15.1 Å². The van der Waals surface area contributed by atoms with Crippen molar-refractivity contribution in [3.63, 3.8) is 0 Å². The lowest BCUT2D eigenvalue weighted by Gasteiger charge is -2.26. The molecule has 3 aromatic rings. The van der Waals surface area contributed by atoms with Gasteiger partial charge in [-0.15, -0.1) is 0 Å². The molecule has 192 valence electrons. The number of aromatic nitrogens is 1. The van der Waals surface area contributed by atoms with Crippen molar-refractivity contribution in [2.24, 2.45) is 0 Å². The Morgan fingerprint density at radius 1 is 1.11 bits per heavy atom. The molecule has 2 aromatic carbocycles. The van der Waals surface area contributed by atoms with Crippen molar-refractivity contribution in [3.8, 4) is 0 Å². The van der Waals surface area contributed by atoms with Gasteiger partial charge in [0.2, 0.25) is 5.91 Å². The zero-order valence-corrected chi connectivity index (χ0v) is 21.3. The first-order chi connectivity index (χ1) is 17.6. The minimum absolute atomic E-state index is 0.0274. The molecule has 5 rings (SSSR count). The van der Waals surface area contributed by atoms with E-state index in [1.807, 2.05) is 12.1 Å². The summed E-state index contributed by atoms with van der Waals surface area (Å²) in [6.45, 7) is 2.33. The van der Waals surface area contributed by atoms with Crippen LogP contribution in [0.2, 0.25) is 0 Å². The number of fused-ring (bicyclic) bond motifs is 1. The van der Waals surface area contributed by atoms with Crippen molar-refractivity contribution < 1.29 is 22.4 Å². The van der Waals surface area contributed by atoms with E-state index >= 15 is 0 Å². The molecule has 0 unspecified atom stereocenters. The number of pyridine rings is 1. The van der Waals surface area contributed by atoms with Crippen molar-refractivity contribution in [1.29, 1.82) is 0 Å². The molecule has 0 saturated carbocycles. The van der Waals surface area contributed by atoms with Gasteiger partial charge in [0, 0.05) is 26.3 Å². The summed E-state index contributed by atoms with van der Waals surface area (Å²) in [5.41, 5.74) is 2.60. The molecule has 10 heteroatoms. The molecule has 37 heavy (non-hydrogen) atoms. The lowest BCUT2D eigenvalue weighted by atomic mass is 10.0. The molecule has 0 spiro atoms. The van der Waals surface area contributed by atoms with E-state index in [1.54, 1.807) is 30.5 Å². The Labute approximate surface area is 215 Å². The Bertz CT molecular complexity index is 1480. The monoisotopic (exact) mass is 522 g/mol. The fraction of sp³-hybridized carbons (Fsp3) is 0.296. The maximum atomic E-state index is 13.8. The van der Waals surface area contributed by atoms with Crippen LogP contribution in [-0.4, -0.2) is 42.9 Å². The van der Waals surface area contributed by atoms with E-state index in [9.17, 15) is 22.4 Å². The second kappa shape index (κ2) is 9.59. The van der Waals surface area contributed by atoms with Crippen LogP contribution in [0.15, 0.2) is 65.7 Å². The number of nitrogens with one attached hydrogen (secondary N) is 1. The number of hydrogen-bond donors (Lipinski definition) is 1. The molecular formula is C27H27FN4O4S. The van der Waals surface area contributed by atoms with Crippen LogP contribution in [0.1, 0.15) is 48.5 Å². The molecule has 0 aliphatic carbocycles. The molecule has 2 aliphatic heterocycles. The summed E-state index contributed by atoms with van der Waals surface area (Å²) in [7, 11) is -3.42. The van der Waals surface area contributed by atoms with Crippen molar-refractivity contribution in [1.82, 2.24) is 9.88 Å². The summed E-state index contributed by atoms with van der Waals surface area (Å²) in [4.78, 5) is 33.8. The largest absolute Gasteiger partial charge is 0.350 e. The average Bonchev–Trinajstić information content (AvgIpc) is 3.49. The average molecular weight is 523 g/mol. The number of nitrogens with zero attached hydrogens (tertiary/aromatic N) is 3. The molecule has 1 saturated heterocycles. The maximum Gasteiger partial charge on any atom is 0.251 e. The molecule has 2 aliphatic rings. The van der Waals surface area contributed by atoms with Gasteiger partial charge in [-0.2, -0.15) is 0 Å². The highest BCUT2D eigenvalue weighted by molar-refractivity contribution is 7.90. The third kappa shape index (κ3) is 4.93. The molecule has 1 aromatic heterocycles. The minimum Gasteiger partial charge on any atom is -0.350 e. The van der Waals surface area contributed by atoms with Crippen molar-refractivity contribution in [2.45, 2.75) is 43.3 Å². The van der Waals surface area contributed by atoms with Gasteiger partial charge in [0.05, 0.1) is 22.8 Å². The second-order valence-corrected chi connectivity index (χ2v) is 11.5. The predicted molar refractivity (Wildman–Crippen MR) is 137 cm³/mol. The number of carbonyl (C=O) groups excluding carboxylic acids is 2. The number of rotatable bonds is 5. The van der Waals surface area contributed by atoms with E-state index < -0.39 is 21.8 Å². The van der Waals surface area contributed by atoms with E-state index in [0.29, 0.717) is 16.8 Å². The second-order valence-electron chi connectivity index (χ2n) is 9.48. The first kappa shape index (κ1) is 24.9. The van der Waals surface area contributed by atoms with Crippen LogP contribution in [0.25, 0.3) is 0 Å². The Morgan fingerprint density at radius 3 is 2.59 bits per heavy atom. The molecule has 2 atom stereocenters. The highest BCUT2D eigenvalue weighted by atomic mass is 32.2. The van der Waals surface area contributed by atoms with Crippen LogP contribution in [0, 0.1) is 5.82 Å². The third-order valence-electron chi connectivity index (χ3n) is 6.94. The predicted octanol–water partition coefficient (Wildman–Crippen LogP) is 4.01. The maximum absolute atomic E-state index is 13.8. The van der Waals surface area contributed by atoms with Gasteiger partial charge >= 0.3 is 0 Å². The summed E-state index contributed by atoms with van der Waals surface area (Å²) in [5, 5.41) is 2.84. The summed E-state index contributed by atoms with van der Waals surface area (Å²) >= 11 is 0. The van der Waals surface area contributed by atoms with Gasteiger partial charge in [-0.3, -0.25) is 9.59 Å². The first-order valence-electron chi connectivity index (χ1n) is 12.0. The van der Waals surface area contributed by atoms with Crippen molar-refractivity contribution in [2.75, 3.05) is 23.0 Å². The van der Waals surface area contributed by atoms with Crippen LogP contribution >= 0.6 is 0 Å². The quantitative estimate of drug-likeness (QED) is 0.544. The lowest BCUT2D eigenvalue weighted by Crippen LogP contribution is -2.35. The number of carbonyl (C=O) groups is 2. The van der Waals surface area contributed by atoms with Gasteiger partial charge in [0.15, 0.2) is 9.84 Å². The molecule has 2 amide bonds. The number of benzene rings is 2. The standard InChI is InChI=1S/C27H27FN4O4S/c1-17(33)32-16-19-14-22(37(2,35)36)9-10-23(19)26(32)27(34)30-21-8-11-25(29-15-21)31-12-4-7-24(31)18-5-3-6-20(28)13-18/h3,5-6,8-11,13-15,24,26H,4,7,12,16H2,1-2H3,(H,30,34)/t24-,26+/m0/s1. The van der Waals surface area contributed by atoms with Crippen molar-refractivity contribution in [3.05, 3.63) is 83.3 Å². The number of halogens is 1. The summed E-state index contributed by atoms with van der Waals surface area (Å²) in [6, 6.07) is 13.9. The van der Waals surface area contributed by atoms with E-state index in [2.05, 4.69) is 15.2 Å². The number of hydrogen-bond acceptors (Lipinski definition) is 6. The molecule has 1 fully saturated rings. The van der Waals surface area contributed by atoms with E-state index in [4.69, 9.17) is 0 Å². The fourth-order valence-corrected chi connectivity index (χ4v) is 5.85. The zero-order chi connectivity index (χ0) is 26.3. The van der Waals surface area contributed by atoms with Crippen LogP contribution < -0.4 is 10.2 Å². The third-order valence-corrected chi connectivity index (χ3v) is 8.05. The topological polar surface area (TPSA) is 99.7 Å². The summed E-state index contributed by atoms with van der Waals surface area (Å²) in [5.74, 6) is -0.233. The molecule has 3 heterocycles. The van der Waals surface area contributed by atoms with Gasteiger partial charge in [-0.05, 0) is 65.9 Å². The SMILES string of the molecule is CC(=O)N1Cc2cc(S(C)(=O)=O)ccc2[C@@H]1C(=O)Nc1ccc(N2CCC[C@H]2c2cccc(F)c2)nc1. The van der Waals surface area contributed by atoms with E-state index in [-0.39, 0.29) is 29.2 Å². The van der Waals surface area contributed by atoms with E-state index in [1.165, 1.54) is 30.0 Å². The number of anilines is 2. The van der Waals surface area contributed by atoms with Gasteiger partial charge in [-0.1, -0.05) is 18.2 Å². The fourth-order valence-electron chi connectivity index (χ4n) is 5.18. The highest BCUT2D eigenvalue weighted by Gasteiger charge is 2.38. The van der Waals surface area contributed by atoms with Crippen LogP contribution in [0.4, 0.5) is 15.9 Å². The first-order valence-corrected chi connectivity index (χ1v) is 13.9. The minimum atomic E-state index is -3.42. The zero-order valence-electron chi connectivity index (χ0n) is 20.5. The van der Waals surface area contributed by atoms with Crippen molar-refractivity contribution >= 4 is 33.2 Å². The summed E-state index contributed by atoms with van der Waals surface area (Å²) in [6.07, 6.45) is 4.54. The Balaban J connectivity index is 1.35. The highest BCUT2D eigenvalue weighted by Crippen LogP contribution is 2.37. The number of sulfone groups is 1. The number of amides is 2. The van der Waals surface area contributed by atoms with Crippen LogP contribution in [0.5, 0.6) is 0 Å². The molecule has 8 nitrogen and oxygen atoms in total. The summed E-state index contributed by atoms with van der Waals surface area (Å²) < 4.78 is 37.7. The molecule has 0 bridgehead atoms. The van der Waals surface area contributed by atoms with E-state index in [0.717, 1.165) is 37.0 Å². The smallest absolute Gasteiger partial charge is 0.251 e. The Kier molecular flexibility index (Phi) is 6.45. The molecule has 1 N–H and O–H groups in total. The molecular weight excluding hydrogens is 495 g/mol. The Morgan fingerprint density at radius 2 is 1.92 bits per heavy atom. The van der Waals surface area contributed by atoms with Gasteiger partial charge in [0.25, 0.3) is 5.91 Å². The van der Waals surface area contributed by atoms with Crippen LogP contribution in [0.3, 0.4) is 0 Å². The van der Waals surface area contributed by atoms with Gasteiger partial charge in [-0.25, -0.2) is 17.8 Å². The van der Waals surface area contributed by atoms with Crippen LogP contribution in [-0.2, 0) is 26.0 Å². The normalized spacial score (nSPS) is 19.1. The molecule has 0 radical (unpaired) electrons.